The lowest BCUT2D eigenvalue weighted by atomic mass is 10.2. The van der Waals surface area contributed by atoms with E-state index in [1.54, 1.807) is 6.26 Å². The summed E-state index contributed by atoms with van der Waals surface area (Å²) in [6.45, 7) is 8.24. The second kappa shape index (κ2) is 5.72. The average Bonchev–Trinajstić information content (AvgIpc) is 2.40. The first-order valence-corrected chi connectivity index (χ1v) is 5.80. The molecule has 3 heteroatoms. The van der Waals surface area contributed by atoms with E-state index in [2.05, 4.69) is 6.92 Å². The lowest BCUT2D eigenvalue weighted by Crippen LogP contribution is -2.21. The molecule has 1 aliphatic rings. The van der Waals surface area contributed by atoms with Gasteiger partial charge in [0.1, 0.15) is 0 Å². The highest BCUT2D eigenvalue weighted by Gasteiger charge is 2.20. The van der Waals surface area contributed by atoms with Crippen molar-refractivity contribution in [1.29, 1.82) is 0 Å². The predicted molar refractivity (Wildman–Crippen MR) is 50.8 cm³/mol. The van der Waals surface area contributed by atoms with Gasteiger partial charge in [-0.3, -0.25) is 0 Å². The van der Waals surface area contributed by atoms with Crippen molar-refractivity contribution in [2.45, 2.75) is 27.2 Å². The summed E-state index contributed by atoms with van der Waals surface area (Å²) in [7, 11) is -0.728. The van der Waals surface area contributed by atoms with Gasteiger partial charge in [-0.2, -0.15) is 0 Å². The zero-order valence-corrected chi connectivity index (χ0v) is 8.78. The van der Waals surface area contributed by atoms with E-state index in [9.17, 15) is 4.21 Å². The van der Waals surface area contributed by atoms with Crippen LogP contribution in [-0.2, 0) is 11.0 Å². The Bertz CT molecular complexity index is 127. The molecule has 1 aliphatic heterocycles. The summed E-state index contributed by atoms with van der Waals surface area (Å²) in [5.41, 5.74) is 0. The van der Waals surface area contributed by atoms with Crippen molar-refractivity contribution in [1.82, 2.24) is 4.31 Å². The maximum Gasteiger partial charge on any atom is 0.0910 e. The molecule has 2 atom stereocenters. The van der Waals surface area contributed by atoms with Gasteiger partial charge in [0.25, 0.3) is 0 Å². The van der Waals surface area contributed by atoms with Crippen LogP contribution in [0.15, 0.2) is 0 Å². The molecule has 0 saturated carbocycles. The van der Waals surface area contributed by atoms with Gasteiger partial charge in [-0.05, 0) is 12.3 Å². The van der Waals surface area contributed by atoms with Crippen LogP contribution in [0, 0.1) is 5.92 Å². The monoisotopic (exact) mass is 177 g/mol. The van der Waals surface area contributed by atoms with Crippen molar-refractivity contribution < 1.29 is 4.21 Å². The maximum absolute atomic E-state index is 10.8. The lowest BCUT2D eigenvalue weighted by Gasteiger charge is -2.09. The highest BCUT2D eigenvalue weighted by molar-refractivity contribution is 7.81. The Kier molecular flexibility index (Phi) is 5.78. The summed E-state index contributed by atoms with van der Waals surface area (Å²) >= 11 is 0. The quantitative estimate of drug-likeness (QED) is 0.596. The summed E-state index contributed by atoms with van der Waals surface area (Å²) in [5.74, 6) is 0.744. The van der Waals surface area contributed by atoms with Crippen molar-refractivity contribution in [3.05, 3.63) is 0 Å². The van der Waals surface area contributed by atoms with Gasteiger partial charge in [0.2, 0.25) is 0 Å². The van der Waals surface area contributed by atoms with Crippen LogP contribution in [0.1, 0.15) is 27.2 Å². The number of rotatable bonds is 1. The van der Waals surface area contributed by atoms with E-state index in [4.69, 9.17) is 0 Å². The normalized spacial score (nSPS) is 27.5. The largest absolute Gasteiger partial charge is 0.243 e. The number of hydrogen-bond acceptors (Lipinski definition) is 1. The topological polar surface area (TPSA) is 20.3 Å². The van der Waals surface area contributed by atoms with Gasteiger partial charge in [-0.15, -0.1) is 0 Å². The molecule has 0 aromatic carbocycles. The molecule has 1 rings (SSSR count). The second-order valence-corrected chi connectivity index (χ2v) is 4.07. The number of hydrogen-bond donors (Lipinski definition) is 0. The first kappa shape index (κ1) is 11.1. The van der Waals surface area contributed by atoms with E-state index >= 15 is 0 Å². The standard InChI is InChI=1S/C6H13NOS.C2H6/c1-6-3-4-7(5-6)9(2)8;1-2/h6H,3-5H2,1-2H3;1-2H3. The second-order valence-electron chi connectivity index (χ2n) is 2.71. The first-order valence-electron chi connectivity index (χ1n) is 4.28. The molecule has 0 aromatic heterocycles. The smallest absolute Gasteiger partial charge is 0.0910 e. The van der Waals surface area contributed by atoms with Crippen LogP contribution in [0.2, 0.25) is 0 Å². The van der Waals surface area contributed by atoms with Gasteiger partial charge in [0.15, 0.2) is 0 Å². The predicted octanol–water partition coefficient (Wildman–Crippen LogP) is 1.65. The molecule has 0 bridgehead atoms. The minimum Gasteiger partial charge on any atom is -0.243 e. The number of nitrogens with zero attached hydrogens (tertiary/aromatic N) is 1. The SMILES string of the molecule is CC.CC1CCN(S(C)=O)C1. The molecule has 0 radical (unpaired) electrons. The Morgan fingerprint density at radius 3 is 2.18 bits per heavy atom. The van der Waals surface area contributed by atoms with Crippen LogP contribution in [0.3, 0.4) is 0 Å². The van der Waals surface area contributed by atoms with Crippen LogP contribution in [0.25, 0.3) is 0 Å². The molecule has 0 amide bonds. The Morgan fingerprint density at radius 2 is 2.00 bits per heavy atom. The van der Waals surface area contributed by atoms with Gasteiger partial charge in [0, 0.05) is 19.3 Å². The van der Waals surface area contributed by atoms with Crippen molar-refractivity contribution in [3.63, 3.8) is 0 Å². The highest BCUT2D eigenvalue weighted by Crippen LogP contribution is 2.15. The molecule has 0 aromatic rings. The highest BCUT2D eigenvalue weighted by atomic mass is 32.2. The molecule has 68 valence electrons. The molecule has 1 heterocycles. The zero-order chi connectivity index (χ0) is 8.85. The molecule has 0 aliphatic carbocycles. The van der Waals surface area contributed by atoms with Crippen molar-refractivity contribution >= 4 is 11.0 Å². The molecule has 2 nitrogen and oxygen atoms in total. The third-order valence-electron chi connectivity index (χ3n) is 1.75. The Balaban J connectivity index is 0.000000461. The van der Waals surface area contributed by atoms with Crippen LogP contribution < -0.4 is 0 Å². The van der Waals surface area contributed by atoms with Gasteiger partial charge < -0.3 is 0 Å². The molecular weight excluding hydrogens is 158 g/mol. The minimum absolute atomic E-state index is 0.728. The molecule has 2 unspecified atom stereocenters. The summed E-state index contributed by atoms with van der Waals surface area (Å²) in [6, 6.07) is 0. The van der Waals surface area contributed by atoms with Crippen LogP contribution >= 0.6 is 0 Å². The fourth-order valence-electron chi connectivity index (χ4n) is 1.13. The minimum atomic E-state index is -0.728. The molecule has 1 fully saturated rings. The van der Waals surface area contributed by atoms with E-state index < -0.39 is 11.0 Å². The van der Waals surface area contributed by atoms with E-state index in [1.165, 1.54) is 6.42 Å². The van der Waals surface area contributed by atoms with Gasteiger partial charge in [0.05, 0.1) is 11.0 Å². The molecule has 0 N–H and O–H groups in total. The van der Waals surface area contributed by atoms with E-state index in [1.807, 2.05) is 18.2 Å². The van der Waals surface area contributed by atoms with Crippen LogP contribution in [0.5, 0.6) is 0 Å². The lowest BCUT2D eigenvalue weighted by molar-refractivity contribution is 0.516. The summed E-state index contributed by atoms with van der Waals surface area (Å²) in [4.78, 5) is 0. The summed E-state index contributed by atoms with van der Waals surface area (Å²) in [6.07, 6.45) is 2.96. The third kappa shape index (κ3) is 3.87. The van der Waals surface area contributed by atoms with Gasteiger partial charge in [-0.1, -0.05) is 20.8 Å². The Hall–Kier alpha value is 0.110. The van der Waals surface area contributed by atoms with Gasteiger partial charge in [-0.25, -0.2) is 8.51 Å². The van der Waals surface area contributed by atoms with Crippen LogP contribution in [0.4, 0.5) is 0 Å². The summed E-state index contributed by atoms with van der Waals surface area (Å²) < 4.78 is 12.8. The van der Waals surface area contributed by atoms with Gasteiger partial charge >= 0.3 is 0 Å². The van der Waals surface area contributed by atoms with Crippen LogP contribution in [-0.4, -0.2) is 27.9 Å². The van der Waals surface area contributed by atoms with E-state index in [0.29, 0.717) is 0 Å². The zero-order valence-electron chi connectivity index (χ0n) is 7.96. The molecule has 1 saturated heterocycles. The maximum atomic E-state index is 10.8. The van der Waals surface area contributed by atoms with E-state index in [0.717, 1.165) is 19.0 Å². The molecular formula is C8H19NOS. The average molecular weight is 177 g/mol. The fourth-order valence-corrected chi connectivity index (χ4v) is 1.96. The van der Waals surface area contributed by atoms with Crippen molar-refractivity contribution in [2.24, 2.45) is 5.92 Å². The fraction of sp³-hybridized carbons (Fsp3) is 1.00. The van der Waals surface area contributed by atoms with Crippen molar-refractivity contribution in [3.8, 4) is 0 Å². The Labute approximate surface area is 72.6 Å². The summed E-state index contributed by atoms with van der Waals surface area (Å²) in [5, 5.41) is 0. The Morgan fingerprint density at radius 1 is 1.45 bits per heavy atom. The van der Waals surface area contributed by atoms with Crippen molar-refractivity contribution in [2.75, 3.05) is 19.3 Å². The molecule has 11 heavy (non-hydrogen) atoms. The van der Waals surface area contributed by atoms with E-state index in [-0.39, 0.29) is 0 Å². The third-order valence-corrected chi connectivity index (χ3v) is 2.81. The first-order chi connectivity index (χ1) is 5.20. The molecule has 0 spiro atoms.